The minimum Gasteiger partial charge on any atom is -0.342 e. The molecule has 160 valence electrons. The molecule has 1 fully saturated rings. The number of anilines is 1. The fraction of sp³-hybridized carbons (Fsp3) is 0.550. The first kappa shape index (κ1) is 20.1. The molecule has 0 aliphatic carbocycles. The summed E-state index contributed by atoms with van der Waals surface area (Å²) in [6.45, 7) is 6.75. The van der Waals surface area contributed by atoms with E-state index >= 15 is 0 Å². The molecular weight excluding hydrogens is 466 g/mol. The van der Waals surface area contributed by atoms with Gasteiger partial charge in [0.1, 0.15) is 0 Å². The van der Waals surface area contributed by atoms with Crippen LogP contribution in [0.3, 0.4) is 0 Å². The van der Waals surface area contributed by atoms with E-state index in [1.54, 1.807) is 6.20 Å². The van der Waals surface area contributed by atoms with Gasteiger partial charge in [0, 0.05) is 61.4 Å². The SMILES string of the molecule is CC(C)(C[C@@H]1c2ccnn2CC12CCN(c1ncc(Br)c3nccn13)CC2)S(N)=O. The molecule has 3 aromatic heterocycles. The number of fused-ring (bicyclic) bond motifs is 2. The van der Waals surface area contributed by atoms with Crippen molar-refractivity contribution in [2.75, 3.05) is 18.0 Å². The quantitative estimate of drug-likeness (QED) is 0.605. The van der Waals surface area contributed by atoms with Crippen LogP contribution in [-0.4, -0.2) is 46.2 Å². The molecule has 2 aliphatic heterocycles. The van der Waals surface area contributed by atoms with Gasteiger partial charge < -0.3 is 4.90 Å². The van der Waals surface area contributed by atoms with Gasteiger partial charge in [0.2, 0.25) is 5.95 Å². The van der Waals surface area contributed by atoms with Gasteiger partial charge in [0.05, 0.1) is 20.2 Å². The maximum atomic E-state index is 12.2. The lowest BCUT2D eigenvalue weighted by Gasteiger charge is -2.44. The van der Waals surface area contributed by atoms with E-state index in [0.717, 1.165) is 55.0 Å². The summed E-state index contributed by atoms with van der Waals surface area (Å²) in [6, 6.07) is 2.12. The van der Waals surface area contributed by atoms with Gasteiger partial charge in [-0.1, -0.05) is 0 Å². The molecule has 0 radical (unpaired) electrons. The Labute approximate surface area is 186 Å². The zero-order chi connectivity index (χ0) is 21.1. The third-order valence-electron chi connectivity index (χ3n) is 6.96. The molecule has 30 heavy (non-hydrogen) atoms. The highest BCUT2D eigenvalue weighted by atomic mass is 79.9. The van der Waals surface area contributed by atoms with Crippen molar-refractivity contribution in [2.24, 2.45) is 10.6 Å². The van der Waals surface area contributed by atoms with Crippen molar-refractivity contribution in [2.45, 2.75) is 50.3 Å². The molecule has 3 aromatic rings. The minimum absolute atomic E-state index is 0.111. The Hall–Kier alpha value is -1.78. The summed E-state index contributed by atoms with van der Waals surface area (Å²) in [4.78, 5) is 11.5. The third kappa shape index (κ3) is 3.11. The predicted octanol–water partition coefficient (Wildman–Crippen LogP) is 2.86. The minimum atomic E-state index is -1.37. The van der Waals surface area contributed by atoms with E-state index in [0.29, 0.717) is 5.92 Å². The molecule has 8 nitrogen and oxygen atoms in total. The Morgan fingerprint density at radius 1 is 1.30 bits per heavy atom. The van der Waals surface area contributed by atoms with Crippen LogP contribution in [0.25, 0.3) is 5.65 Å². The Balaban J connectivity index is 1.42. The Morgan fingerprint density at radius 2 is 2.07 bits per heavy atom. The lowest BCUT2D eigenvalue weighted by Crippen LogP contribution is -2.45. The van der Waals surface area contributed by atoms with Crippen LogP contribution < -0.4 is 10.0 Å². The van der Waals surface area contributed by atoms with Gasteiger partial charge in [-0.3, -0.25) is 14.2 Å². The second-order valence-electron chi connectivity index (χ2n) is 9.10. The zero-order valence-electron chi connectivity index (χ0n) is 17.2. The molecule has 2 N–H and O–H groups in total. The Kier molecular flexibility index (Phi) is 4.79. The van der Waals surface area contributed by atoms with Crippen molar-refractivity contribution in [1.82, 2.24) is 24.1 Å². The molecule has 10 heteroatoms. The average molecular weight is 492 g/mol. The first-order valence-corrected chi connectivity index (χ1v) is 12.2. The number of halogens is 1. The highest BCUT2D eigenvalue weighted by molar-refractivity contribution is 9.10. The zero-order valence-corrected chi connectivity index (χ0v) is 19.6. The summed E-state index contributed by atoms with van der Waals surface area (Å²) in [6.07, 6.45) is 10.3. The van der Waals surface area contributed by atoms with Crippen molar-refractivity contribution < 1.29 is 4.21 Å². The third-order valence-corrected chi connectivity index (χ3v) is 8.77. The molecule has 5 heterocycles. The summed E-state index contributed by atoms with van der Waals surface area (Å²) >= 11 is 3.53. The van der Waals surface area contributed by atoms with Crippen molar-refractivity contribution in [3.63, 3.8) is 0 Å². The first-order valence-electron chi connectivity index (χ1n) is 10.2. The highest BCUT2D eigenvalue weighted by Gasteiger charge is 2.50. The number of imidazole rings is 1. The van der Waals surface area contributed by atoms with Crippen LogP contribution in [0.2, 0.25) is 0 Å². The summed E-state index contributed by atoms with van der Waals surface area (Å²) in [7, 11) is -1.37. The highest BCUT2D eigenvalue weighted by Crippen LogP contribution is 2.54. The fourth-order valence-corrected chi connectivity index (χ4v) is 5.88. The summed E-state index contributed by atoms with van der Waals surface area (Å²) in [5.74, 6) is 1.23. The number of nitrogens with zero attached hydrogens (tertiary/aromatic N) is 6. The average Bonchev–Trinajstić information content (AvgIpc) is 3.41. The van der Waals surface area contributed by atoms with E-state index < -0.39 is 15.7 Å². The van der Waals surface area contributed by atoms with Crippen molar-refractivity contribution in [3.8, 4) is 0 Å². The molecule has 1 spiro atoms. The number of hydrogen-bond acceptors (Lipinski definition) is 5. The van der Waals surface area contributed by atoms with Crippen molar-refractivity contribution in [3.05, 3.63) is 41.0 Å². The second kappa shape index (κ2) is 7.13. The van der Waals surface area contributed by atoms with Crippen LogP contribution in [0.1, 0.15) is 44.7 Å². The van der Waals surface area contributed by atoms with Gasteiger partial charge in [-0.05, 0) is 55.1 Å². The van der Waals surface area contributed by atoms with E-state index in [1.165, 1.54) is 5.69 Å². The summed E-state index contributed by atoms with van der Waals surface area (Å²) < 4.78 is 16.8. The van der Waals surface area contributed by atoms with Gasteiger partial charge in [-0.25, -0.2) is 14.2 Å². The molecular formula is C20H26BrN7OS. The van der Waals surface area contributed by atoms with Crippen LogP contribution in [0.4, 0.5) is 5.95 Å². The maximum Gasteiger partial charge on any atom is 0.211 e. The van der Waals surface area contributed by atoms with Gasteiger partial charge in [-0.2, -0.15) is 5.10 Å². The fourth-order valence-electron chi connectivity index (χ4n) is 5.16. The van der Waals surface area contributed by atoms with E-state index in [1.807, 2.05) is 36.8 Å². The largest absolute Gasteiger partial charge is 0.342 e. The molecule has 5 rings (SSSR count). The van der Waals surface area contributed by atoms with Gasteiger partial charge in [-0.15, -0.1) is 0 Å². The molecule has 2 aliphatic rings. The molecule has 1 unspecified atom stereocenters. The van der Waals surface area contributed by atoms with Gasteiger partial charge in [0.15, 0.2) is 5.65 Å². The van der Waals surface area contributed by atoms with Crippen molar-refractivity contribution in [1.29, 1.82) is 0 Å². The first-order chi connectivity index (χ1) is 14.3. The maximum absolute atomic E-state index is 12.2. The lowest BCUT2D eigenvalue weighted by atomic mass is 9.67. The second-order valence-corrected chi connectivity index (χ2v) is 11.7. The van der Waals surface area contributed by atoms with E-state index in [4.69, 9.17) is 5.14 Å². The molecule has 0 bridgehead atoms. The Bertz CT molecular complexity index is 1120. The van der Waals surface area contributed by atoms with E-state index in [2.05, 4.69) is 46.6 Å². The summed E-state index contributed by atoms with van der Waals surface area (Å²) in [5, 5.41) is 10.4. The lowest BCUT2D eigenvalue weighted by molar-refractivity contribution is 0.155. The molecule has 0 amide bonds. The standard InChI is InChI=1S/C20H26BrN7OS/c1-19(2,30(22)29)11-14-16-3-6-25-28(16)13-20(14)4-8-26(9-5-20)18-24-12-15(21)17-23-7-10-27(17)18/h3,6-7,10,12,14H,4-5,8-9,11,13,22H2,1-2H3/t14-,30?/m1/s1. The van der Waals surface area contributed by atoms with Crippen LogP contribution in [0.5, 0.6) is 0 Å². The monoisotopic (exact) mass is 491 g/mol. The number of aromatic nitrogens is 5. The smallest absolute Gasteiger partial charge is 0.211 e. The molecule has 0 aromatic carbocycles. The molecule has 0 saturated carbocycles. The number of piperidine rings is 1. The van der Waals surface area contributed by atoms with Gasteiger partial charge in [0.25, 0.3) is 0 Å². The number of nitrogens with two attached hydrogens (primary N) is 1. The van der Waals surface area contributed by atoms with Crippen LogP contribution >= 0.6 is 15.9 Å². The van der Waals surface area contributed by atoms with Crippen LogP contribution in [-0.2, 0) is 17.5 Å². The van der Waals surface area contributed by atoms with Crippen LogP contribution in [0, 0.1) is 5.41 Å². The predicted molar refractivity (Wildman–Crippen MR) is 121 cm³/mol. The van der Waals surface area contributed by atoms with E-state index in [9.17, 15) is 4.21 Å². The topological polar surface area (TPSA) is 94.3 Å². The number of rotatable bonds is 4. The van der Waals surface area contributed by atoms with Crippen molar-refractivity contribution >= 4 is 38.5 Å². The molecule has 2 atom stereocenters. The molecule has 1 saturated heterocycles. The normalized spacial score (nSPS) is 22.0. The Morgan fingerprint density at radius 3 is 2.80 bits per heavy atom. The summed E-state index contributed by atoms with van der Waals surface area (Å²) in [5.41, 5.74) is 2.24. The van der Waals surface area contributed by atoms with Gasteiger partial charge >= 0.3 is 0 Å². The number of hydrogen-bond donors (Lipinski definition) is 1. The van der Waals surface area contributed by atoms with Crippen LogP contribution in [0.15, 0.2) is 35.3 Å². The van der Waals surface area contributed by atoms with E-state index in [-0.39, 0.29) is 5.41 Å².